The van der Waals surface area contributed by atoms with Gasteiger partial charge in [0.05, 0.1) is 13.0 Å². The number of rotatable bonds is 5. The lowest BCUT2D eigenvalue weighted by Crippen LogP contribution is -2.31. The molecule has 3 rings (SSSR count). The molecule has 1 aliphatic rings. The molecule has 2 aromatic rings. The van der Waals surface area contributed by atoms with Gasteiger partial charge in [0.2, 0.25) is 0 Å². The molecule has 0 amide bonds. The number of aryl methyl sites for hydroxylation is 1. The van der Waals surface area contributed by atoms with Gasteiger partial charge in [-0.3, -0.25) is 4.79 Å². The average Bonchev–Trinajstić information content (AvgIpc) is 2.68. The highest BCUT2D eigenvalue weighted by Crippen LogP contribution is 2.33. The van der Waals surface area contributed by atoms with Gasteiger partial charge >= 0.3 is 0 Å². The second kappa shape index (κ2) is 7.39. The topological polar surface area (TPSA) is 29.5 Å². The highest BCUT2D eigenvalue weighted by Gasteiger charge is 2.30. The van der Waals surface area contributed by atoms with E-state index in [9.17, 15) is 4.79 Å². The number of ketones is 1. The van der Waals surface area contributed by atoms with E-state index in [-0.39, 0.29) is 11.7 Å². The highest BCUT2D eigenvalue weighted by atomic mass is 16.5. The van der Waals surface area contributed by atoms with Crippen LogP contribution >= 0.6 is 0 Å². The third kappa shape index (κ3) is 3.50. The van der Waals surface area contributed by atoms with E-state index in [1.807, 2.05) is 47.5 Å². The van der Waals surface area contributed by atoms with Gasteiger partial charge in [-0.25, -0.2) is 0 Å². The van der Waals surface area contributed by atoms with Crippen LogP contribution in [0.2, 0.25) is 0 Å². The number of hydrogen-bond acceptors (Lipinski definition) is 3. The molecule has 0 fully saturated rings. The van der Waals surface area contributed by atoms with Crippen molar-refractivity contribution in [1.29, 1.82) is 0 Å². The molecule has 0 saturated carbocycles. The molecule has 1 unspecified atom stereocenters. The molecular formula is C22H23NO2. The first-order chi connectivity index (χ1) is 12.2. The Labute approximate surface area is 149 Å². The van der Waals surface area contributed by atoms with Gasteiger partial charge in [0, 0.05) is 18.3 Å². The summed E-state index contributed by atoms with van der Waals surface area (Å²) in [7, 11) is 1.63. The summed E-state index contributed by atoms with van der Waals surface area (Å²) >= 11 is 0. The van der Waals surface area contributed by atoms with Crippen molar-refractivity contribution in [3.63, 3.8) is 0 Å². The minimum absolute atomic E-state index is 0.139. The standard InChI is InChI=1S/C22H23NO2/c1-4-16-8-6-9-17(12-16)20-14-23(5-2)15-21(22(20)24)18-10-7-11-19(13-18)25-3/h5-13,15,20H,2,4,14H2,1,3H3. The van der Waals surface area contributed by atoms with Crippen molar-refractivity contribution in [3.05, 3.63) is 84.2 Å². The van der Waals surface area contributed by atoms with Gasteiger partial charge in [0.1, 0.15) is 5.75 Å². The van der Waals surface area contributed by atoms with E-state index in [1.165, 1.54) is 5.56 Å². The van der Waals surface area contributed by atoms with Crippen LogP contribution in [0.5, 0.6) is 5.75 Å². The molecule has 0 aromatic heterocycles. The maximum absolute atomic E-state index is 13.2. The second-order valence-electron chi connectivity index (χ2n) is 6.17. The van der Waals surface area contributed by atoms with Crippen LogP contribution in [0, 0.1) is 0 Å². The predicted octanol–water partition coefficient (Wildman–Crippen LogP) is 4.41. The fraction of sp³-hybridized carbons (Fsp3) is 0.227. The lowest BCUT2D eigenvalue weighted by atomic mass is 9.84. The molecule has 3 heteroatoms. The maximum Gasteiger partial charge on any atom is 0.174 e. The SMILES string of the molecule is C=CN1C=C(c2cccc(OC)c2)C(=O)C(c2cccc(CC)c2)C1. The number of methoxy groups -OCH3 is 1. The van der Waals surface area contributed by atoms with Crippen molar-refractivity contribution in [3.8, 4) is 5.75 Å². The molecule has 0 aliphatic carbocycles. The van der Waals surface area contributed by atoms with Crippen LogP contribution in [0.25, 0.3) is 5.57 Å². The number of hydrogen-bond donors (Lipinski definition) is 0. The van der Waals surface area contributed by atoms with E-state index in [4.69, 9.17) is 4.74 Å². The van der Waals surface area contributed by atoms with Gasteiger partial charge in [-0.2, -0.15) is 0 Å². The van der Waals surface area contributed by atoms with Gasteiger partial charge in [-0.1, -0.05) is 49.9 Å². The Bertz CT molecular complexity index is 822. The molecule has 25 heavy (non-hydrogen) atoms. The first-order valence-corrected chi connectivity index (χ1v) is 8.54. The molecule has 2 aromatic carbocycles. The van der Waals surface area contributed by atoms with E-state index >= 15 is 0 Å². The predicted molar refractivity (Wildman–Crippen MR) is 101 cm³/mol. The molecule has 0 spiro atoms. The van der Waals surface area contributed by atoms with E-state index in [1.54, 1.807) is 13.3 Å². The number of benzene rings is 2. The van der Waals surface area contributed by atoms with Crippen LogP contribution in [-0.4, -0.2) is 24.3 Å². The first kappa shape index (κ1) is 17.0. The summed E-state index contributed by atoms with van der Waals surface area (Å²) in [6.45, 7) is 6.62. The molecule has 1 atom stereocenters. The molecule has 3 nitrogen and oxygen atoms in total. The lowest BCUT2D eigenvalue weighted by molar-refractivity contribution is -0.115. The molecule has 1 aliphatic heterocycles. The van der Waals surface area contributed by atoms with E-state index in [2.05, 4.69) is 25.6 Å². The molecular weight excluding hydrogens is 310 g/mol. The third-order valence-corrected chi connectivity index (χ3v) is 4.65. The minimum Gasteiger partial charge on any atom is -0.497 e. The number of carbonyl (C=O) groups is 1. The number of Topliss-reactive ketones (excluding diaryl/α,β-unsaturated/α-hetero) is 1. The Morgan fingerprint density at radius 2 is 2.04 bits per heavy atom. The van der Waals surface area contributed by atoms with Crippen LogP contribution in [0.4, 0.5) is 0 Å². The van der Waals surface area contributed by atoms with Crippen molar-refractivity contribution in [1.82, 2.24) is 4.90 Å². The smallest absolute Gasteiger partial charge is 0.174 e. The highest BCUT2D eigenvalue weighted by molar-refractivity contribution is 6.24. The van der Waals surface area contributed by atoms with E-state index < -0.39 is 0 Å². The lowest BCUT2D eigenvalue weighted by Gasteiger charge is -2.30. The zero-order chi connectivity index (χ0) is 17.8. The van der Waals surface area contributed by atoms with Crippen molar-refractivity contribution in [2.45, 2.75) is 19.3 Å². The van der Waals surface area contributed by atoms with Crippen LogP contribution in [0.3, 0.4) is 0 Å². The first-order valence-electron chi connectivity index (χ1n) is 8.54. The summed E-state index contributed by atoms with van der Waals surface area (Å²) in [5, 5.41) is 0. The van der Waals surface area contributed by atoms with Gasteiger partial charge in [-0.15, -0.1) is 0 Å². The number of ether oxygens (including phenoxy) is 1. The fourth-order valence-electron chi connectivity index (χ4n) is 3.18. The molecule has 0 N–H and O–H groups in total. The molecule has 0 radical (unpaired) electrons. The summed E-state index contributed by atoms with van der Waals surface area (Å²) in [6.07, 6.45) is 4.60. The van der Waals surface area contributed by atoms with Crippen molar-refractivity contribution in [2.24, 2.45) is 0 Å². The normalized spacial score (nSPS) is 17.2. The third-order valence-electron chi connectivity index (χ3n) is 4.65. The number of allylic oxidation sites excluding steroid dienone is 1. The molecule has 128 valence electrons. The zero-order valence-electron chi connectivity index (χ0n) is 14.7. The van der Waals surface area contributed by atoms with Gasteiger partial charge in [0.15, 0.2) is 5.78 Å². The number of carbonyl (C=O) groups excluding carboxylic acids is 1. The van der Waals surface area contributed by atoms with Crippen molar-refractivity contribution < 1.29 is 9.53 Å². The summed E-state index contributed by atoms with van der Waals surface area (Å²) in [5.74, 6) is 0.682. The minimum atomic E-state index is -0.198. The molecule has 1 heterocycles. The maximum atomic E-state index is 13.2. The Kier molecular flexibility index (Phi) is 5.03. The van der Waals surface area contributed by atoms with Gasteiger partial charge < -0.3 is 9.64 Å². The van der Waals surface area contributed by atoms with Gasteiger partial charge in [-0.05, 0) is 41.4 Å². The molecule has 0 saturated heterocycles. The van der Waals surface area contributed by atoms with Crippen LogP contribution in [0.1, 0.15) is 29.5 Å². The van der Waals surface area contributed by atoms with Gasteiger partial charge in [0.25, 0.3) is 0 Å². The van der Waals surface area contributed by atoms with Crippen molar-refractivity contribution in [2.75, 3.05) is 13.7 Å². The van der Waals surface area contributed by atoms with E-state index in [0.717, 1.165) is 23.3 Å². The Balaban J connectivity index is 2.02. The van der Waals surface area contributed by atoms with Crippen molar-refractivity contribution >= 4 is 11.4 Å². The zero-order valence-corrected chi connectivity index (χ0v) is 14.7. The Morgan fingerprint density at radius 3 is 2.76 bits per heavy atom. The average molecular weight is 333 g/mol. The van der Waals surface area contributed by atoms with Crippen LogP contribution < -0.4 is 4.74 Å². The Morgan fingerprint density at radius 1 is 1.24 bits per heavy atom. The van der Waals surface area contributed by atoms with Crippen LogP contribution in [0.15, 0.2) is 67.5 Å². The summed E-state index contributed by atoms with van der Waals surface area (Å²) in [6, 6.07) is 15.9. The fourth-order valence-corrected chi connectivity index (χ4v) is 3.18. The summed E-state index contributed by atoms with van der Waals surface area (Å²) in [4.78, 5) is 15.2. The molecule has 0 bridgehead atoms. The largest absolute Gasteiger partial charge is 0.497 e. The second-order valence-corrected chi connectivity index (χ2v) is 6.17. The number of nitrogens with zero attached hydrogens (tertiary/aromatic N) is 1. The monoisotopic (exact) mass is 333 g/mol. The Hall–Kier alpha value is -2.81. The quantitative estimate of drug-likeness (QED) is 0.812. The van der Waals surface area contributed by atoms with Crippen LogP contribution in [-0.2, 0) is 11.2 Å². The van der Waals surface area contributed by atoms with E-state index in [0.29, 0.717) is 12.1 Å². The summed E-state index contributed by atoms with van der Waals surface area (Å²) < 4.78 is 5.30. The summed E-state index contributed by atoms with van der Waals surface area (Å²) in [5.41, 5.74) is 3.86.